The lowest BCUT2D eigenvalue weighted by atomic mass is 9.92. The van der Waals surface area contributed by atoms with Gasteiger partial charge < -0.3 is 11.1 Å². The molecule has 0 aliphatic heterocycles. The van der Waals surface area contributed by atoms with Crippen LogP contribution in [0.15, 0.2) is 48.5 Å². The Bertz CT molecular complexity index is 674. The topological polar surface area (TPSA) is 55.1 Å². The van der Waals surface area contributed by atoms with Crippen LogP contribution in [0.2, 0.25) is 0 Å². The van der Waals surface area contributed by atoms with Gasteiger partial charge in [-0.25, -0.2) is 0 Å². The zero-order valence-electron chi connectivity index (χ0n) is 12.2. The molecule has 0 saturated heterocycles. The highest BCUT2D eigenvalue weighted by molar-refractivity contribution is 5.95. The predicted molar refractivity (Wildman–Crippen MR) is 85.3 cm³/mol. The molecule has 1 aliphatic rings. The Hall–Kier alpha value is -2.29. The van der Waals surface area contributed by atoms with E-state index in [1.54, 1.807) is 24.3 Å². The lowest BCUT2D eigenvalue weighted by molar-refractivity contribution is 0.0949. The van der Waals surface area contributed by atoms with Gasteiger partial charge in [0.25, 0.3) is 5.91 Å². The second-order valence-corrected chi connectivity index (χ2v) is 5.90. The number of anilines is 1. The van der Waals surface area contributed by atoms with E-state index in [0.717, 1.165) is 12.8 Å². The molecule has 1 amide bonds. The van der Waals surface area contributed by atoms with Crippen LogP contribution in [-0.2, 0) is 5.41 Å². The monoisotopic (exact) mass is 280 g/mol. The summed E-state index contributed by atoms with van der Waals surface area (Å²) in [6, 6.07) is 15.5. The molecule has 0 spiro atoms. The fourth-order valence-electron chi connectivity index (χ4n) is 2.89. The van der Waals surface area contributed by atoms with Crippen LogP contribution in [0.1, 0.15) is 34.3 Å². The summed E-state index contributed by atoms with van der Waals surface area (Å²) in [6.45, 7) is 2.82. The van der Waals surface area contributed by atoms with E-state index in [1.807, 2.05) is 0 Å². The molecule has 0 unspecified atom stereocenters. The number of nitrogens with one attached hydrogen (secondary N) is 1. The van der Waals surface area contributed by atoms with Gasteiger partial charge in [-0.3, -0.25) is 4.79 Å². The molecular weight excluding hydrogens is 260 g/mol. The van der Waals surface area contributed by atoms with Crippen LogP contribution in [-0.4, -0.2) is 12.5 Å². The van der Waals surface area contributed by atoms with E-state index in [-0.39, 0.29) is 11.3 Å². The predicted octanol–water partition coefficient (Wildman–Crippen LogP) is 3.04. The van der Waals surface area contributed by atoms with Gasteiger partial charge in [-0.1, -0.05) is 30.3 Å². The summed E-state index contributed by atoms with van der Waals surface area (Å²) in [5, 5.41) is 3.06. The first-order chi connectivity index (χ1) is 10.1. The first-order valence-electron chi connectivity index (χ1n) is 7.31. The van der Waals surface area contributed by atoms with Crippen LogP contribution in [0.5, 0.6) is 0 Å². The Balaban J connectivity index is 1.71. The molecule has 3 N–H and O–H groups in total. The molecule has 3 heteroatoms. The number of benzene rings is 2. The van der Waals surface area contributed by atoms with E-state index in [0.29, 0.717) is 17.8 Å². The lowest BCUT2D eigenvalue weighted by Crippen LogP contribution is -2.32. The molecule has 3 rings (SSSR count). The number of amides is 1. The van der Waals surface area contributed by atoms with E-state index in [2.05, 4.69) is 36.5 Å². The second-order valence-electron chi connectivity index (χ2n) is 5.90. The van der Waals surface area contributed by atoms with Gasteiger partial charge in [0, 0.05) is 23.2 Å². The van der Waals surface area contributed by atoms with Crippen molar-refractivity contribution < 1.29 is 4.79 Å². The molecule has 2 aromatic carbocycles. The van der Waals surface area contributed by atoms with Gasteiger partial charge in [0.15, 0.2) is 0 Å². The maximum Gasteiger partial charge on any atom is 0.251 e. The molecule has 1 saturated carbocycles. The smallest absolute Gasteiger partial charge is 0.251 e. The van der Waals surface area contributed by atoms with Crippen LogP contribution in [0, 0.1) is 6.92 Å². The maximum absolute atomic E-state index is 12.2. The molecule has 108 valence electrons. The molecule has 0 atom stereocenters. The van der Waals surface area contributed by atoms with Crippen LogP contribution in [0.3, 0.4) is 0 Å². The average Bonchev–Trinajstić information content (AvgIpc) is 3.26. The summed E-state index contributed by atoms with van der Waals surface area (Å²) in [7, 11) is 0. The SMILES string of the molecule is Cc1ccccc1C1(CNC(=O)c2cccc(N)c2)CC1. The number of carbonyl (C=O) groups is 1. The first kappa shape index (κ1) is 13.7. The van der Waals surface area contributed by atoms with Crippen molar-refractivity contribution in [1.82, 2.24) is 5.32 Å². The van der Waals surface area contributed by atoms with Crippen molar-refractivity contribution in [3.8, 4) is 0 Å². The van der Waals surface area contributed by atoms with E-state index in [9.17, 15) is 4.79 Å². The average molecular weight is 280 g/mol. The van der Waals surface area contributed by atoms with Crippen molar-refractivity contribution in [3.63, 3.8) is 0 Å². The van der Waals surface area contributed by atoms with Crippen LogP contribution < -0.4 is 11.1 Å². The maximum atomic E-state index is 12.2. The van der Waals surface area contributed by atoms with Crippen molar-refractivity contribution in [2.24, 2.45) is 0 Å². The van der Waals surface area contributed by atoms with Gasteiger partial charge in [-0.15, -0.1) is 0 Å². The van der Waals surface area contributed by atoms with Crippen LogP contribution in [0.4, 0.5) is 5.69 Å². The zero-order chi connectivity index (χ0) is 14.9. The largest absolute Gasteiger partial charge is 0.399 e. The van der Waals surface area contributed by atoms with E-state index in [4.69, 9.17) is 5.73 Å². The number of hydrogen-bond donors (Lipinski definition) is 2. The molecule has 1 fully saturated rings. The van der Waals surface area contributed by atoms with E-state index >= 15 is 0 Å². The summed E-state index contributed by atoms with van der Waals surface area (Å²) in [5.41, 5.74) is 9.74. The number of carbonyl (C=O) groups excluding carboxylic acids is 1. The molecular formula is C18H20N2O. The third kappa shape index (κ3) is 2.77. The first-order valence-corrected chi connectivity index (χ1v) is 7.31. The minimum absolute atomic E-state index is 0.0536. The fourth-order valence-corrected chi connectivity index (χ4v) is 2.89. The second kappa shape index (κ2) is 5.24. The molecule has 1 aliphatic carbocycles. The fraction of sp³-hybridized carbons (Fsp3) is 0.278. The normalized spacial score (nSPS) is 15.5. The Morgan fingerprint density at radius 3 is 2.62 bits per heavy atom. The highest BCUT2D eigenvalue weighted by Gasteiger charge is 2.45. The van der Waals surface area contributed by atoms with Gasteiger partial charge in [0.05, 0.1) is 0 Å². The van der Waals surface area contributed by atoms with Crippen molar-refractivity contribution in [3.05, 3.63) is 65.2 Å². The van der Waals surface area contributed by atoms with Crippen molar-refractivity contribution in [2.75, 3.05) is 12.3 Å². The van der Waals surface area contributed by atoms with Gasteiger partial charge in [-0.2, -0.15) is 0 Å². The number of nitrogens with two attached hydrogens (primary N) is 1. The van der Waals surface area contributed by atoms with Crippen molar-refractivity contribution in [1.29, 1.82) is 0 Å². The Morgan fingerprint density at radius 2 is 1.95 bits per heavy atom. The third-order valence-corrected chi connectivity index (χ3v) is 4.31. The summed E-state index contributed by atoms with van der Waals surface area (Å²) in [4.78, 5) is 12.2. The Morgan fingerprint density at radius 1 is 1.19 bits per heavy atom. The molecule has 0 heterocycles. The van der Waals surface area contributed by atoms with Crippen LogP contribution in [0.25, 0.3) is 0 Å². The number of aryl methyl sites for hydroxylation is 1. The van der Waals surface area contributed by atoms with Gasteiger partial charge in [0.1, 0.15) is 0 Å². The summed E-state index contributed by atoms with van der Waals surface area (Å²) in [5.74, 6) is -0.0536. The molecule has 2 aromatic rings. The summed E-state index contributed by atoms with van der Waals surface area (Å²) < 4.78 is 0. The number of rotatable bonds is 4. The summed E-state index contributed by atoms with van der Waals surface area (Å²) >= 11 is 0. The van der Waals surface area contributed by atoms with Gasteiger partial charge in [0.2, 0.25) is 0 Å². The van der Waals surface area contributed by atoms with Crippen molar-refractivity contribution >= 4 is 11.6 Å². The number of hydrogen-bond acceptors (Lipinski definition) is 2. The Kier molecular flexibility index (Phi) is 3.42. The van der Waals surface area contributed by atoms with Crippen molar-refractivity contribution in [2.45, 2.75) is 25.2 Å². The molecule has 0 bridgehead atoms. The molecule has 0 radical (unpaired) electrons. The quantitative estimate of drug-likeness (QED) is 0.846. The minimum atomic E-state index is -0.0536. The zero-order valence-corrected chi connectivity index (χ0v) is 12.2. The molecule has 21 heavy (non-hydrogen) atoms. The lowest BCUT2D eigenvalue weighted by Gasteiger charge is -2.19. The van der Waals surface area contributed by atoms with Gasteiger partial charge >= 0.3 is 0 Å². The highest BCUT2D eigenvalue weighted by Crippen LogP contribution is 2.48. The third-order valence-electron chi connectivity index (χ3n) is 4.31. The van der Waals surface area contributed by atoms with Crippen LogP contribution >= 0.6 is 0 Å². The van der Waals surface area contributed by atoms with E-state index in [1.165, 1.54) is 11.1 Å². The molecule has 3 nitrogen and oxygen atoms in total. The van der Waals surface area contributed by atoms with Gasteiger partial charge in [-0.05, 0) is 49.1 Å². The number of nitrogen functional groups attached to an aromatic ring is 1. The standard InChI is InChI=1S/C18H20N2O/c1-13-5-2-3-8-16(13)18(9-10-18)12-20-17(21)14-6-4-7-15(19)11-14/h2-8,11H,9-10,12,19H2,1H3,(H,20,21). The molecule has 0 aromatic heterocycles. The minimum Gasteiger partial charge on any atom is -0.399 e. The summed E-state index contributed by atoms with van der Waals surface area (Å²) in [6.07, 6.45) is 2.27. The highest BCUT2D eigenvalue weighted by atomic mass is 16.1. The Labute approximate surface area is 125 Å². The van der Waals surface area contributed by atoms with E-state index < -0.39 is 0 Å².